The number of alkyl halides is 1. The largest absolute Gasteiger partial charge is 0.373 e. The first-order valence-electron chi connectivity index (χ1n) is 10.5. The minimum Gasteiger partial charge on any atom is -0.373 e. The molecule has 3 N–H and O–H groups in total. The minimum absolute atomic E-state index is 0.0642. The van der Waals surface area contributed by atoms with Crippen molar-refractivity contribution in [3.63, 3.8) is 0 Å². The standard InChI is InChI=1S/C21H19F2N9O2/c1-24-16-4-15(27-14-3-10(22)8-31(20(14)34)11-6-25-30(2)9-11)28-18-12(7-26-32(16)18)19(33)29-17-13-5-21(13,17)23/h3-4,6-9,13,17,24H,5H2,1-2H3,(H,27,28)(H,29,33)/t13?,17-,21?/m0/s1. The number of carbonyl (C=O) groups is 1. The Bertz CT molecular complexity index is 1540. The normalized spacial score (nSPS) is 22.4. The van der Waals surface area contributed by atoms with Crippen LogP contribution in [-0.2, 0) is 7.05 Å². The van der Waals surface area contributed by atoms with Gasteiger partial charge in [-0.15, -0.1) is 0 Å². The van der Waals surface area contributed by atoms with E-state index < -0.39 is 29.0 Å². The van der Waals surface area contributed by atoms with Gasteiger partial charge in [0, 0.05) is 44.5 Å². The number of pyridine rings is 1. The van der Waals surface area contributed by atoms with Crippen LogP contribution in [0, 0.1) is 11.7 Å². The van der Waals surface area contributed by atoms with Crippen LogP contribution in [0.15, 0.2) is 41.7 Å². The second-order valence-electron chi connectivity index (χ2n) is 8.50. The van der Waals surface area contributed by atoms with Crippen LogP contribution in [0.5, 0.6) is 0 Å². The number of nitrogens with zero attached hydrogens (tertiary/aromatic N) is 6. The first-order valence-corrected chi connectivity index (χ1v) is 10.5. The second-order valence-corrected chi connectivity index (χ2v) is 8.50. The van der Waals surface area contributed by atoms with Gasteiger partial charge in [0.2, 0.25) is 0 Å². The van der Waals surface area contributed by atoms with Crippen molar-refractivity contribution in [1.82, 2.24) is 34.3 Å². The van der Waals surface area contributed by atoms with Gasteiger partial charge in [-0.1, -0.05) is 0 Å². The van der Waals surface area contributed by atoms with Crippen LogP contribution in [0.4, 0.5) is 26.1 Å². The lowest BCUT2D eigenvalue weighted by Crippen LogP contribution is -2.32. The van der Waals surface area contributed by atoms with E-state index in [0.717, 1.165) is 16.8 Å². The van der Waals surface area contributed by atoms with Crippen molar-refractivity contribution in [3.05, 3.63) is 58.7 Å². The number of nitrogens with one attached hydrogen (secondary N) is 3. The van der Waals surface area contributed by atoms with Crippen LogP contribution in [0.25, 0.3) is 11.3 Å². The summed E-state index contributed by atoms with van der Waals surface area (Å²) in [5.74, 6) is -0.588. The summed E-state index contributed by atoms with van der Waals surface area (Å²) in [6.07, 6.45) is 5.92. The van der Waals surface area contributed by atoms with Crippen molar-refractivity contribution in [3.8, 4) is 5.69 Å². The van der Waals surface area contributed by atoms with Crippen molar-refractivity contribution < 1.29 is 13.6 Å². The number of halogens is 2. The van der Waals surface area contributed by atoms with E-state index in [0.29, 0.717) is 17.9 Å². The number of aryl methyl sites for hydroxylation is 1. The molecule has 0 radical (unpaired) electrons. The van der Waals surface area contributed by atoms with E-state index in [-0.39, 0.29) is 28.6 Å². The van der Waals surface area contributed by atoms with Crippen molar-refractivity contribution in [2.24, 2.45) is 13.0 Å². The van der Waals surface area contributed by atoms with Crippen molar-refractivity contribution in [2.45, 2.75) is 18.1 Å². The Labute approximate surface area is 190 Å². The maximum absolute atomic E-state index is 14.4. The molecule has 2 aliphatic carbocycles. The molecule has 0 spiro atoms. The van der Waals surface area contributed by atoms with E-state index in [9.17, 15) is 18.4 Å². The van der Waals surface area contributed by atoms with Gasteiger partial charge in [0.25, 0.3) is 11.5 Å². The number of anilines is 3. The second kappa shape index (κ2) is 6.85. The molecule has 34 heavy (non-hydrogen) atoms. The monoisotopic (exact) mass is 467 g/mol. The average Bonchev–Trinajstić information content (AvgIpc) is 3.40. The number of aromatic nitrogens is 6. The molecule has 0 bridgehead atoms. The highest BCUT2D eigenvalue weighted by molar-refractivity contribution is 6.00. The summed E-state index contributed by atoms with van der Waals surface area (Å²) in [7, 11) is 3.34. The summed E-state index contributed by atoms with van der Waals surface area (Å²) in [6.45, 7) is 0. The van der Waals surface area contributed by atoms with Crippen LogP contribution in [0.3, 0.4) is 0 Å². The number of rotatable bonds is 6. The van der Waals surface area contributed by atoms with Crippen LogP contribution >= 0.6 is 0 Å². The Balaban J connectivity index is 1.37. The number of hydrogen-bond acceptors (Lipinski definition) is 7. The molecule has 6 rings (SSSR count). The number of fused-ring (bicyclic) bond motifs is 2. The molecule has 1 amide bonds. The Morgan fingerprint density at radius 3 is 2.68 bits per heavy atom. The minimum atomic E-state index is -1.26. The maximum atomic E-state index is 14.4. The van der Waals surface area contributed by atoms with E-state index in [1.54, 1.807) is 26.4 Å². The lowest BCUT2D eigenvalue weighted by Gasteiger charge is -2.12. The number of amides is 1. The highest BCUT2D eigenvalue weighted by atomic mass is 19.1. The maximum Gasteiger partial charge on any atom is 0.279 e. The molecular formula is C21H19F2N9O2. The molecule has 13 heteroatoms. The first kappa shape index (κ1) is 20.3. The smallest absolute Gasteiger partial charge is 0.279 e. The molecular weight excluding hydrogens is 448 g/mol. The Kier molecular flexibility index (Phi) is 4.10. The fraction of sp³-hybridized carbons (Fsp3) is 0.286. The summed E-state index contributed by atoms with van der Waals surface area (Å²) in [6, 6.07) is 2.15. The van der Waals surface area contributed by atoms with Crippen LogP contribution in [0.2, 0.25) is 0 Å². The first-order chi connectivity index (χ1) is 16.3. The third-order valence-corrected chi connectivity index (χ3v) is 6.27. The Hall–Kier alpha value is -4.29. The molecule has 0 aromatic carbocycles. The van der Waals surface area contributed by atoms with E-state index >= 15 is 0 Å². The number of carbonyl (C=O) groups excluding carboxylic acids is 1. The zero-order valence-electron chi connectivity index (χ0n) is 18.1. The summed E-state index contributed by atoms with van der Waals surface area (Å²) in [5, 5.41) is 16.7. The lowest BCUT2D eigenvalue weighted by molar-refractivity contribution is 0.0937. The molecule has 3 atom stereocenters. The third kappa shape index (κ3) is 3.03. The van der Waals surface area contributed by atoms with Crippen LogP contribution < -0.4 is 21.5 Å². The van der Waals surface area contributed by atoms with Gasteiger partial charge in [0.1, 0.15) is 34.4 Å². The average molecular weight is 467 g/mol. The predicted octanol–water partition coefficient (Wildman–Crippen LogP) is 1.38. The lowest BCUT2D eigenvalue weighted by atomic mass is 10.2. The summed E-state index contributed by atoms with van der Waals surface area (Å²) < 4.78 is 32.4. The topological polar surface area (TPSA) is 123 Å². The van der Waals surface area contributed by atoms with Gasteiger partial charge < -0.3 is 16.0 Å². The molecule has 0 saturated heterocycles. The molecule has 4 heterocycles. The molecule has 2 unspecified atom stereocenters. The van der Waals surface area contributed by atoms with Gasteiger partial charge >= 0.3 is 0 Å². The van der Waals surface area contributed by atoms with Crippen molar-refractivity contribution >= 4 is 28.9 Å². The molecule has 4 aromatic rings. The fourth-order valence-corrected chi connectivity index (χ4v) is 4.15. The zero-order chi connectivity index (χ0) is 23.8. The molecule has 11 nitrogen and oxygen atoms in total. The Morgan fingerprint density at radius 1 is 1.24 bits per heavy atom. The van der Waals surface area contributed by atoms with Crippen LogP contribution in [-0.4, -0.2) is 53.6 Å². The molecule has 4 aromatic heterocycles. The molecule has 0 aliphatic heterocycles. The summed E-state index contributed by atoms with van der Waals surface area (Å²) >= 11 is 0. The summed E-state index contributed by atoms with van der Waals surface area (Å²) in [4.78, 5) is 30.2. The molecule has 2 saturated carbocycles. The van der Waals surface area contributed by atoms with Gasteiger partial charge in [-0.3, -0.25) is 18.8 Å². The zero-order valence-corrected chi connectivity index (χ0v) is 18.1. The predicted molar refractivity (Wildman–Crippen MR) is 118 cm³/mol. The van der Waals surface area contributed by atoms with Crippen molar-refractivity contribution in [1.29, 1.82) is 0 Å². The van der Waals surface area contributed by atoms with Gasteiger partial charge in [-0.2, -0.15) is 14.7 Å². The SMILES string of the molecule is CNc1cc(Nc2cc(F)cn(-c3cnn(C)c3)c2=O)nc2c(C(=O)N[C@H]3C4CC43F)cnn12. The van der Waals surface area contributed by atoms with Gasteiger partial charge in [0.15, 0.2) is 5.65 Å². The summed E-state index contributed by atoms with van der Waals surface area (Å²) in [5.41, 5.74) is -1.10. The molecule has 2 fully saturated rings. The third-order valence-electron chi connectivity index (χ3n) is 6.27. The van der Waals surface area contributed by atoms with Gasteiger partial charge in [-0.25, -0.2) is 13.8 Å². The molecule has 174 valence electrons. The van der Waals surface area contributed by atoms with E-state index in [1.165, 1.54) is 21.6 Å². The van der Waals surface area contributed by atoms with E-state index in [1.807, 2.05) is 0 Å². The highest BCUT2D eigenvalue weighted by Gasteiger charge is 2.81. The quantitative estimate of drug-likeness (QED) is 0.392. The van der Waals surface area contributed by atoms with Crippen molar-refractivity contribution in [2.75, 3.05) is 17.7 Å². The highest BCUT2D eigenvalue weighted by Crippen LogP contribution is 2.69. The Morgan fingerprint density at radius 2 is 2.03 bits per heavy atom. The van der Waals surface area contributed by atoms with Gasteiger partial charge in [0.05, 0.1) is 24.1 Å². The number of hydrogen-bond donors (Lipinski definition) is 3. The molecule has 2 aliphatic rings. The van der Waals surface area contributed by atoms with E-state index in [4.69, 9.17) is 0 Å². The van der Waals surface area contributed by atoms with Crippen LogP contribution in [0.1, 0.15) is 16.8 Å². The van der Waals surface area contributed by atoms with E-state index in [2.05, 4.69) is 31.1 Å². The van der Waals surface area contributed by atoms with Gasteiger partial charge in [-0.05, 0) is 6.42 Å². The fourth-order valence-electron chi connectivity index (χ4n) is 4.15.